The van der Waals surface area contributed by atoms with Gasteiger partial charge in [0.15, 0.2) is 0 Å². The lowest BCUT2D eigenvalue weighted by atomic mass is 10.1. The second kappa shape index (κ2) is 2.11. The first-order chi connectivity index (χ1) is 3.42. The molecule has 0 unspecified atom stereocenters. The van der Waals surface area contributed by atoms with Gasteiger partial charge in [0.25, 0.3) is 0 Å². The quantitative estimate of drug-likeness (QED) is 0.401. The highest BCUT2D eigenvalue weighted by molar-refractivity contribution is 5.68. The molecule has 0 aliphatic rings. The SMILES string of the molecule is [CH2]C(N)(N)CC(=O)O. The van der Waals surface area contributed by atoms with Crippen molar-refractivity contribution >= 4 is 5.97 Å². The van der Waals surface area contributed by atoms with Gasteiger partial charge >= 0.3 is 5.97 Å². The fourth-order valence-electron chi connectivity index (χ4n) is 0.282. The summed E-state index contributed by atoms with van der Waals surface area (Å²) < 4.78 is 0. The maximum Gasteiger partial charge on any atom is 0.306 e. The van der Waals surface area contributed by atoms with Gasteiger partial charge in [-0.3, -0.25) is 4.79 Å². The molecule has 0 aliphatic carbocycles. The minimum absolute atomic E-state index is 0.312. The van der Waals surface area contributed by atoms with Crippen molar-refractivity contribution in [3.05, 3.63) is 6.92 Å². The van der Waals surface area contributed by atoms with Crippen molar-refractivity contribution in [2.75, 3.05) is 0 Å². The highest BCUT2D eigenvalue weighted by atomic mass is 16.4. The normalized spacial score (nSPS) is 11.4. The van der Waals surface area contributed by atoms with E-state index in [2.05, 4.69) is 6.92 Å². The first-order valence-corrected chi connectivity index (χ1v) is 2.07. The molecule has 47 valence electrons. The van der Waals surface area contributed by atoms with E-state index in [1.54, 1.807) is 0 Å². The minimum Gasteiger partial charge on any atom is -0.481 e. The smallest absolute Gasteiger partial charge is 0.306 e. The third kappa shape index (κ3) is 5.39. The average molecular weight is 117 g/mol. The number of rotatable bonds is 2. The molecule has 0 rings (SSSR count). The summed E-state index contributed by atoms with van der Waals surface area (Å²) in [5.41, 5.74) is 8.72. The fraction of sp³-hybridized carbons (Fsp3) is 0.500. The maximum atomic E-state index is 9.81. The fourth-order valence-corrected chi connectivity index (χ4v) is 0.282. The zero-order valence-corrected chi connectivity index (χ0v) is 4.42. The Morgan fingerprint density at radius 1 is 1.75 bits per heavy atom. The molecular formula is C4H9N2O2. The van der Waals surface area contributed by atoms with Crippen LogP contribution < -0.4 is 11.5 Å². The summed E-state index contributed by atoms with van der Waals surface area (Å²) >= 11 is 0. The predicted molar refractivity (Wildman–Crippen MR) is 28.7 cm³/mol. The van der Waals surface area contributed by atoms with E-state index in [4.69, 9.17) is 16.6 Å². The van der Waals surface area contributed by atoms with Gasteiger partial charge in [-0.2, -0.15) is 0 Å². The van der Waals surface area contributed by atoms with Gasteiger partial charge in [0, 0.05) is 0 Å². The molecule has 0 atom stereocenters. The van der Waals surface area contributed by atoms with Crippen molar-refractivity contribution in [2.24, 2.45) is 11.5 Å². The van der Waals surface area contributed by atoms with Gasteiger partial charge in [0.2, 0.25) is 0 Å². The minimum atomic E-state index is -1.33. The molecule has 4 nitrogen and oxygen atoms in total. The van der Waals surface area contributed by atoms with Crippen LogP contribution >= 0.6 is 0 Å². The number of aliphatic carboxylic acids is 1. The number of carbonyl (C=O) groups is 1. The van der Waals surface area contributed by atoms with Crippen LogP contribution in [0.25, 0.3) is 0 Å². The van der Waals surface area contributed by atoms with Crippen LogP contribution in [0.5, 0.6) is 0 Å². The highest BCUT2D eigenvalue weighted by Gasteiger charge is 2.15. The Labute approximate surface area is 47.5 Å². The van der Waals surface area contributed by atoms with Crippen LogP contribution in [0.4, 0.5) is 0 Å². The molecule has 0 aromatic carbocycles. The molecule has 0 saturated carbocycles. The highest BCUT2D eigenvalue weighted by Crippen LogP contribution is 1.92. The van der Waals surface area contributed by atoms with Crippen molar-refractivity contribution < 1.29 is 9.90 Å². The third-order valence-corrected chi connectivity index (χ3v) is 0.480. The Morgan fingerprint density at radius 3 is 2.12 bits per heavy atom. The Balaban J connectivity index is 3.55. The predicted octanol–water partition coefficient (Wildman–Crippen LogP) is -1.09. The molecule has 0 aromatic heterocycles. The van der Waals surface area contributed by atoms with Crippen LogP contribution in [0, 0.1) is 6.92 Å². The largest absolute Gasteiger partial charge is 0.481 e. The molecule has 0 saturated heterocycles. The van der Waals surface area contributed by atoms with Crippen molar-refractivity contribution in [2.45, 2.75) is 12.1 Å². The standard InChI is InChI=1S/C4H9N2O2/c1-4(5,6)2-3(7)8/h1-2,5-6H2,(H,7,8). The molecule has 4 heteroatoms. The molecule has 0 amide bonds. The molecule has 8 heavy (non-hydrogen) atoms. The van der Waals surface area contributed by atoms with Crippen molar-refractivity contribution in [1.82, 2.24) is 0 Å². The van der Waals surface area contributed by atoms with Gasteiger partial charge in [0.1, 0.15) is 0 Å². The number of nitrogens with two attached hydrogens (primary N) is 2. The first kappa shape index (κ1) is 7.39. The van der Waals surface area contributed by atoms with Crippen LogP contribution in [0.15, 0.2) is 0 Å². The lowest BCUT2D eigenvalue weighted by Gasteiger charge is -2.13. The molecule has 1 radical (unpaired) electrons. The van der Waals surface area contributed by atoms with E-state index in [1.807, 2.05) is 0 Å². The molecule has 0 fully saturated rings. The van der Waals surface area contributed by atoms with Crippen LogP contribution in [-0.4, -0.2) is 16.7 Å². The van der Waals surface area contributed by atoms with Crippen LogP contribution in [0.2, 0.25) is 0 Å². The summed E-state index contributed by atoms with van der Waals surface area (Å²) in [5.74, 6) is -1.04. The summed E-state index contributed by atoms with van der Waals surface area (Å²) in [6, 6.07) is 0. The summed E-state index contributed by atoms with van der Waals surface area (Å²) in [4.78, 5) is 9.81. The van der Waals surface area contributed by atoms with E-state index in [0.29, 0.717) is 0 Å². The number of hydrogen-bond acceptors (Lipinski definition) is 3. The van der Waals surface area contributed by atoms with Crippen molar-refractivity contribution in [3.8, 4) is 0 Å². The summed E-state index contributed by atoms with van der Waals surface area (Å²) in [7, 11) is 0. The summed E-state index contributed by atoms with van der Waals surface area (Å²) in [6.07, 6.45) is -0.312. The van der Waals surface area contributed by atoms with Gasteiger partial charge in [-0.25, -0.2) is 0 Å². The average Bonchev–Trinajstić information content (AvgIpc) is 1.21. The molecule has 5 N–H and O–H groups in total. The van der Waals surface area contributed by atoms with Crippen molar-refractivity contribution in [1.29, 1.82) is 0 Å². The third-order valence-electron chi connectivity index (χ3n) is 0.480. The maximum absolute atomic E-state index is 9.81. The van der Waals surface area contributed by atoms with Gasteiger partial charge in [-0.05, 0) is 6.92 Å². The zero-order chi connectivity index (χ0) is 6.78. The topological polar surface area (TPSA) is 89.3 Å². The van der Waals surface area contributed by atoms with E-state index < -0.39 is 11.6 Å². The zero-order valence-electron chi connectivity index (χ0n) is 4.42. The van der Waals surface area contributed by atoms with E-state index in [-0.39, 0.29) is 6.42 Å². The summed E-state index contributed by atoms with van der Waals surface area (Å²) in [5, 5.41) is 8.05. The van der Waals surface area contributed by atoms with Crippen molar-refractivity contribution in [3.63, 3.8) is 0 Å². The molecule has 0 heterocycles. The van der Waals surface area contributed by atoms with Gasteiger partial charge < -0.3 is 16.6 Å². The lowest BCUT2D eigenvalue weighted by molar-refractivity contribution is -0.137. The molecule has 0 spiro atoms. The van der Waals surface area contributed by atoms with E-state index >= 15 is 0 Å². The second-order valence-corrected chi connectivity index (χ2v) is 1.80. The Bertz CT molecular complexity index is 94.7. The first-order valence-electron chi connectivity index (χ1n) is 2.07. The molecule has 0 aliphatic heterocycles. The summed E-state index contributed by atoms with van der Waals surface area (Å²) in [6.45, 7) is 3.19. The monoisotopic (exact) mass is 117 g/mol. The molecular weight excluding hydrogens is 108 g/mol. The number of carboxylic acid groups (broad SMARTS) is 1. The van der Waals surface area contributed by atoms with Gasteiger partial charge in [-0.1, -0.05) is 0 Å². The van der Waals surface area contributed by atoms with Crippen LogP contribution in [0.1, 0.15) is 6.42 Å². The van der Waals surface area contributed by atoms with E-state index in [0.717, 1.165) is 0 Å². The van der Waals surface area contributed by atoms with Gasteiger partial charge in [0.05, 0.1) is 12.1 Å². The Morgan fingerprint density at radius 2 is 2.12 bits per heavy atom. The molecule has 0 bridgehead atoms. The van der Waals surface area contributed by atoms with Gasteiger partial charge in [-0.15, -0.1) is 0 Å². The Kier molecular flexibility index (Phi) is 1.94. The second-order valence-electron chi connectivity index (χ2n) is 1.80. The number of carboxylic acids is 1. The van der Waals surface area contributed by atoms with Crippen LogP contribution in [-0.2, 0) is 4.79 Å². The van der Waals surface area contributed by atoms with E-state index in [9.17, 15) is 4.79 Å². The lowest BCUT2D eigenvalue weighted by Crippen LogP contribution is -2.48. The van der Waals surface area contributed by atoms with Crippen LogP contribution in [0.3, 0.4) is 0 Å². The molecule has 0 aromatic rings. The van der Waals surface area contributed by atoms with E-state index in [1.165, 1.54) is 0 Å². The number of hydrogen-bond donors (Lipinski definition) is 3. The Hall–Kier alpha value is -0.610.